The lowest BCUT2D eigenvalue weighted by atomic mass is 10.0. The number of hydrogen-bond donors (Lipinski definition) is 0. The Morgan fingerprint density at radius 3 is 2.80 bits per heavy atom. The van der Waals surface area contributed by atoms with E-state index in [0.717, 1.165) is 57.1 Å². The molecule has 0 spiro atoms. The van der Waals surface area contributed by atoms with Gasteiger partial charge < -0.3 is 14.2 Å². The molecule has 0 radical (unpaired) electrons. The Kier molecular flexibility index (Phi) is 5.87. The third kappa shape index (κ3) is 4.69. The summed E-state index contributed by atoms with van der Waals surface area (Å²) in [6, 6.07) is 9.59. The van der Waals surface area contributed by atoms with Crippen LogP contribution in [0.25, 0.3) is 0 Å². The van der Waals surface area contributed by atoms with Gasteiger partial charge >= 0.3 is 0 Å². The maximum absolute atomic E-state index is 12.5. The summed E-state index contributed by atoms with van der Waals surface area (Å²) in [6.07, 6.45) is 3.75. The van der Waals surface area contributed by atoms with Gasteiger partial charge in [0.25, 0.3) is 5.91 Å². The summed E-state index contributed by atoms with van der Waals surface area (Å²) >= 11 is 0. The van der Waals surface area contributed by atoms with Gasteiger partial charge in [-0.3, -0.25) is 9.78 Å². The first kappa shape index (κ1) is 17.7. The summed E-state index contributed by atoms with van der Waals surface area (Å²) in [5.41, 5.74) is 0.540. The molecular formula is C20H27N3O2. The van der Waals surface area contributed by atoms with Crippen molar-refractivity contribution in [3.05, 3.63) is 53.7 Å². The number of rotatable bonds is 5. The minimum Gasteiger partial charge on any atom is -0.466 e. The van der Waals surface area contributed by atoms with Crippen molar-refractivity contribution < 1.29 is 9.21 Å². The van der Waals surface area contributed by atoms with Crippen molar-refractivity contribution >= 4 is 5.91 Å². The van der Waals surface area contributed by atoms with Gasteiger partial charge in [0.1, 0.15) is 17.2 Å². The van der Waals surface area contributed by atoms with E-state index in [2.05, 4.69) is 22.9 Å². The summed E-state index contributed by atoms with van der Waals surface area (Å²) in [4.78, 5) is 21.1. The fourth-order valence-electron chi connectivity index (χ4n) is 3.29. The number of hydrogen-bond acceptors (Lipinski definition) is 4. The number of pyridine rings is 1. The highest BCUT2D eigenvalue weighted by Gasteiger charge is 2.21. The Bertz CT molecular complexity index is 683. The lowest BCUT2D eigenvalue weighted by molar-refractivity contribution is 0.0755. The average molecular weight is 341 g/mol. The molecule has 3 heterocycles. The van der Waals surface area contributed by atoms with Crippen LogP contribution in [-0.4, -0.2) is 53.4 Å². The van der Waals surface area contributed by atoms with E-state index in [4.69, 9.17) is 4.42 Å². The maximum atomic E-state index is 12.5. The van der Waals surface area contributed by atoms with Gasteiger partial charge in [0.15, 0.2) is 0 Å². The molecule has 1 saturated heterocycles. The number of aromatic nitrogens is 1. The van der Waals surface area contributed by atoms with Gasteiger partial charge in [-0.2, -0.15) is 0 Å². The van der Waals surface area contributed by atoms with E-state index >= 15 is 0 Å². The van der Waals surface area contributed by atoms with Crippen LogP contribution in [0.1, 0.15) is 47.7 Å². The van der Waals surface area contributed by atoms with Crippen LogP contribution < -0.4 is 0 Å². The zero-order valence-corrected chi connectivity index (χ0v) is 15.1. The van der Waals surface area contributed by atoms with Crippen molar-refractivity contribution in [3.8, 4) is 0 Å². The Balaban J connectivity index is 1.49. The number of aryl methyl sites for hydroxylation is 1. The summed E-state index contributed by atoms with van der Waals surface area (Å²) in [6.45, 7) is 8.76. The molecule has 134 valence electrons. The Morgan fingerprint density at radius 2 is 2.08 bits per heavy atom. The number of nitrogens with zero attached hydrogens (tertiary/aromatic N) is 3. The van der Waals surface area contributed by atoms with Crippen molar-refractivity contribution in [1.82, 2.24) is 14.8 Å². The van der Waals surface area contributed by atoms with Gasteiger partial charge in [-0.1, -0.05) is 13.0 Å². The highest BCUT2D eigenvalue weighted by atomic mass is 16.3. The van der Waals surface area contributed by atoms with Crippen LogP contribution in [0.15, 0.2) is 40.9 Å². The van der Waals surface area contributed by atoms with Gasteiger partial charge in [-0.15, -0.1) is 0 Å². The summed E-state index contributed by atoms with van der Waals surface area (Å²) in [5.74, 6) is 2.50. The molecule has 5 heteroatoms. The largest absolute Gasteiger partial charge is 0.466 e. The molecule has 1 aliphatic heterocycles. The van der Waals surface area contributed by atoms with Crippen molar-refractivity contribution in [2.45, 2.75) is 32.6 Å². The first-order valence-electron chi connectivity index (χ1n) is 9.12. The monoisotopic (exact) mass is 341 g/mol. The van der Waals surface area contributed by atoms with Crippen molar-refractivity contribution in [2.75, 3.05) is 32.7 Å². The molecular weight excluding hydrogens is 314 g/mol. The van der Waals surface area contributed by atoms with Gasteiger partial charge in [0, 0.05) is 31.7 Å². The molecule has 5 nitrogen and oxygen atoms in total. The van der Waals surface area contributed by atoms with Crippen LogP contribution in [0.5, 0.6) is 0 Å². The van der Waals surface area contributed by atoms with Crippen LogP contribution in [0.2, 0.25) is 0 Å². The predicted molar refractivity (Wildman–Crippen MR) is 97.7 cm³/mol. The molecule has 25 heavy (non-hydrogen) atoms. The molecule has 2 aromatic heterocycles. The van der Waals surface area contributed by atoms with Gasteiger partial charge in [-0.25, -0.2) is 0 Å². The normalized spacial score (nSPS) is 17.3. The predicted octanol–water partition coefficient (Wildman–Crippen LogP) is 3.32. The van der Waals surface area contributed by atoms with Crippen molar-refractivity contribution in [1.29, 1.82) is 0 Å². The minimum atomic E-state index is 0.0434. The van der Waals surface area contributed by atoms with Crippen LogP contribution in [0, 0.1) is 6.92 Å². The lowest BCUT2D eigenvalue weighted by Crippen LogP contribution is -2.36. The van der Waals surface area contributed by atoms with Crippen LogP contribution in [0.3, 0.4) is 0 Å². The highest BCUT2D eigenvalue weighted by Crippen LogP contribution is 2.22. The molecule has 2 aromatic rings. The van der Waals surface area contributed by atoms with E-state index in [9.17, 15) is 4.79 Å². The standard InChI is InChI=1S/C20H27N3O2/c1-16(19-8-7-17(2)25-19)9-13-22-11-5-12-23(15-14-22)20(24)18-6-3-4-10-21-18/h3-4,6-8,10,16H,5,9,11-15H2,1-2H3. The van der Waals surface area contributed by atoms with Gasteiger partial charge in [-0.05, 0) is 57.1 Å². The van der Waals surface area contributed by atoms with E-state index in [1.54, 1.807) is 12.3 Å². The van der Waals surface area contributed by atoms with E-state index < -0.39 is 0 Å². The van der Waals surface area contributed by atoms with Crippen molar-refractivity contribution in [2.24, 2.45) is 0 Å². The number of carbonyl (C=O) groups excluding carboxylic acids is 1. The summed E-state index contributed by atoms with van der Waals surface area (Å²) in [7, 11) is 0. The maximum Gasteiger partial charge on any atom is 0.272 e. The Morgan fingerprint density at radius 1 is 1.20 bits per heavy atom. The van der Waals surface area contributed by atoms with Crippen LogP contribution >= 0.6 is 0 Å². The van der Waals surface area contributed by atoms with Crippen LogP contribution in [-0.2, 0) is 0 Å². The molecule has 0 aliphatic carbocycles. The number of carbonyl (C=O) groups is 1. The van der Waals surface area contributed by atoms with E-state index in [1.807, 2.05) is 30.0 Å². The van der Waals surface area contributed by atoms with Gasteiger partial charge in [0.2, 0.25) is 0 Å². The lowest BCUT2D eigenvalue weighted by Gasteiger charge is -2.22. The smallest absolute Gasteiger partial charge is 0.272 e. The van der Waals surface area contributed by atoms with E-state index in [-0.39, 0.29) is 5.91 Å². The van der Waals surface area contributed by atoms with Crippen LogP contribution in [0.4, 0.5) is 0 Å². The molecule has 1 fully saturated rings. The molecule has 1 atom stereocenters. The zero-order valence-electron chi connectivity index (χ0n) is 15.1. The third-order valence-corrected chi connectivity index (χ3v) is 4.88. The molecule has 0 bridgehead atoms. The molecule has 1 amide bonds. The van der Waals surface area contributed by atoms with Crippen molar-refractivity contribution in [3.63, 3.8) is 0 Å². The SMILES string of the molecule is Cc1ccc(C(C)CCN2CCCN(C(=O)c3ccccn3)CC2)o1. The second-order valence-corrected chi connectivity index (χ2v) is 6.84. The molecule has 3 rings (SSSR count). The Labute approximate surface area is 149 Å². The zero-order chi connectivity index (χ0) is 17.6. The van der Waals surface area contributed by atoms with E-state index in [1.165, 1.54) is 0 Å². The number of amides is 1. The second kappa shape index (κ2) is 8.30. The van der Waals surface area contributed by atoms with E-state index in [0.29, 0.717) is 11.6 Å². The topological polar surface area (TPSA) is 49.6 Å². The number of furan rings is 1. The molecule has 0 saturated carbocycles. The second-order valence-electron chi connectivity index (χ2n) is 6.84. The molecule has 0 N–H and O–H groups in total. The first-order valence-corrected chi connectivity index (χ1v) is 9.12. The quantitative estimate of drug-likeness (QED) is 0.837. The molecule has 0 aromatic carbocycles. The van der Waals surface area contributed by atoms with Gasteiger partial charge in [0.05, 0.1) is 0 Å². The minimum absolute atomic E-state index is 0.0434. The summed E-state index contributed by atoms with van der Waals surface area (Å²) < 4.78 is 5.73. The summed E-state index contributed by atoms with van der Waals surface area (Å²) in [5, 5.41) is 0. The average Bonchev–Trinajstić information content (AvgIpc) is 2.94. The third-order valence-electron chi connectivity index (χ3n) is 4.88. The first-order chi connectivity index (χ1) is 12.1. The molecule has 1 unspecified atom stereocenters. The molecule has 1 aliphatic rings. The highest BCUT2D eigenvalue weighted by molar-refractivity contribution is 5.92. The fraction of sp³-hybridized carbons (Fsp3) is 0.500. The Hall–Kier alpha value is -2.14. The fourth-order valence-corrected chi connectivity index (χ4v) is 3.29.